The number of aryl methyl sites for hydroxylation is 1. The maximum absolute atomic E-state index is 14.3. The molecule has 1 saturated heterocycles. The molecule has 11 heteroatoms. The standard InChI is InChI=1S/C13H16F5N3O3/c1-6-20-8(9(19)21(6)2)11(23,12(14,15)13(16,17)18)7-4-3-5-24-10(7)22/h7,23H,3-5,19H2,1-2H3/t7-,11+/m0/s1. The molecular weight excluding hydrogens is 341 g/mol. The zero-order valence-corrected chi connectivity index (χ0v) is 12.8. The van der Waals surface area contributed by atoms with Crippen LogP contribution in [-0.2, 0) is 22.2 Å². The fourth-order valence-electron chi connectivity index (χ4n) is 2.71. The maximum atomic E-state index is 14.3. The van der Waals surface area contributed by atoms with Gasteiger partial charge in [-0.3, -0.25) is 4.79 Å². The number of aliphatic hydroxyl groups is 1. The predicted octanol–water partition coefficient (Wildman–Crippen LogP) is 1.65. The number of imidazole rings is 1. The SMILES string of the molecule is Cc1nc([C@](O)([C@H]2CCCOC2=O)C(F)(F)C(F)(F)F)c(N)n1C. The van der Waals surface area contributed by atoms with Crippen LogP contribution >= 0.6 is 0 Å². The molecule has 0 spiro atoms. The first kappa shape index (κ1) is 18.4. The first-order valence-corrected chi connectivity index (χ1v) is 6.98. The molecule has 0 unspecified atom stereocenters. The van der Waals surface area contributed by atoms with Crippen LogP contribution in [0.5, 0.6) is 0 Å². The van der Waals surface area contributed by atoms with E-state index in [0.29, 0.717) is 0 Å². The average molecular weight is 357 g/mol. The second-order valence-corrected chi connectivity index (χ2v) is 5.65. The van der Waals surface area contributed by atoms with E-state index in [-0.39, 0.29) is 18.9 Å². The number of aromatic nitrogens is 2. The Bertz CT molecular complexity index is 658. The molecule has 2 heterocycles. The number of carbonyl (C=O) groups is 1. The van der Waals surface area contributed by atoms with Gasteiger partial charge >= 0.3 is 18.1 Å². The van der Waals surface area contributed by atoms with Crippen molar-refractivity contribution in [1.82, 2.24) is 9.55 Å². The average Bonchev–Trinajstić information content (AvgIpc) is 2.73. The third-order valence-corrected chi connectivity index (χ3v) is 4.23. The molecule has 1 aromatic heterocycles. The van der Waals surface area contributed by atoms with Gasteiger partial charge < -0.3 is 20.1 Å². The molecule has 1 aliphatic rings. The Morgan fingerprint density at radius 1 is 1.33 bits per heavy atom. The molecule has 24 heavy (non-hydrogen) atoms. The van der Waals surface area contributed by atoms with Gasteiger partial charge in [-0.1, -0.05) is 0 Å². The Labute approximate surface area is 133 Å². The van der Waals surface area contributed by atoms with Crippen molar-refractivity contribution < 1.29 is 36.6 Å². The summed E-state index contributed by atoms with van der Waals surface area (Å²) in [6, 6.07) is 0. The van der Waals surface area contributed by atoms with Crippen LogP contribution in [0.25, 0.3) is 0 Å². The van der Waals surface area contributed by atoms with Crippen molar-refractivity contribution in [3.63, 3.8) is 0 Å². The molecule has 2 atom stereocenters. The normalized spacial score (nSPS) is 22.2. The number of nitrogen functional groups attached to an aromatic ring is 1. The molecule has 1 aliphatic heterocycles. The first-order valence-electron chi connectivity index (χ1n) is 6.98. The number of nitrogens with two attached hydrogens (primary N) is 1. The van der Waals surface area contributed by atoms with Crippen LogP contribution in [0.15, 0.2) is 0 Å². The highest BCUT2D eigenvalue weighted by atomic mass is 19.4. The fourth-order valence-corrected chi connectivity index (χ4v) is 2.71. The van der Waals surface area contributed by atoms with Gasteiger partial charge in [0, 0.05) is 7.05 Å². The molecule has 0 bridgehead atoms. The summed E-state index contributed by atoms with van der Waals surface area (Å²) >= 11 is 0. The molecule has 1 aromatic rings. The number of cyclic esters (lactones) is 1. The second-order valence-electron chi connectivity index (χ2n) is 5.65. The van der Waals surface area contributed by atoms with Crippen molar-refractivity contribution >= 4 is 11.8 Å². The number of hydrogen-bond donors (Lipinski definition) is 2. The highest BCUT2D eigenvalue weighted by Gasteiger charge is 2.75. The van der Waals surface area contributed by atoms with Gasteiger partial charge in [0.05, 0.1) is 12.5 Å². The molecule has 0 radical (unpaired) electrons. The number of ether oxygens (including phenoxy) is 1. The van der Waals surface area contributed by atoms with Crippen LogP contribution in [-0.4, -0.2) is 39.3 Å². The minimum atomic E-state index is -6.13. The van der Waals surface area contributed by atoms with Gasteiger partial charge in [-0.25, -0.2) is 4.98 Å². The number of nitrogens with zero attached hydrogens (tertiary/aromatic N) is 2. The van der Waals surface area contributed by atoms with Gasteiger partial charge in [-0.05, 0) is 19.8 Å². The number of halogens is 5. The van der Waals surface area contributed by atoms with Crippen molar-refractivity contribution in [3.05, 3.63) is 11.5 Å². The van der Waals surface area contributed by atoms with E-state index in [1.54, 1.807) is 0 Å². The smallest absolute Gasteiger partial charge is 0.456 e. The van der Waals surface area contributed by atoms with E-state index >= 15 is 0 Å². The summed E-state index contributed by atoms with van der Waals surface area (Å²) in [5.41, 5.74) is 0.507. The molecular formula is C13H16F5N3O3. The minimum Gasteiger partial charge on any atom is -0.465 e. The fraction of sp³-hybridized carbons (Fsp3) is 0.692. The van der Waals surface area contributed by atoms with E-state index in [9.17, 15) is 31.9 Å². The number of esters is 1. The number of rotatable bonds is 3. The summed E-state index contributed by atoms with van der Waals surface area (Å²) in [5.74, 6) is -9.76. The summed E-state index contributed by atoms with van der Waals surface area (Å²) in [6.45, 7) is 1.19. The van der Waals surface area contributed by atoms with E-state index in [4.69, 9.17) is 5.73 Å². The highest BCUT2D eigenvalue weighted by Crippen LogP contribution is 2.54. The lowest BCUT2D eigenvalue weighted by molar-refractivity contribution is -0.357. The van der Waals surface area contributed by atoms with E-state index in [2.05, 4.69) is 9.72 Å². The Morgan fingerprint density at radius 2 is 1.92 bits per heavy atom. The van der Waals surface area contributed by atoms with E-state index in [0.717, 1.165) is 4.57 Å². The topological polar surface area (TPSA) is 90.4 Å². The van der Waals surface area contributed by atoms with Crippen LogP contribution in [0.2, 0.25) is 0 Å². The molecule has 3 N–H and O–H groups in total. The lowest BCUT2D eigenvalue weighted by Gasteiger charge is -2.41. The van der Waals surface area contributed by atoms with Gasteiger partial charge in [0.2, 0.25) is 0 Å². The van der Waals surface area contributed by atoms with Gasteiger partial charge in [-0.15, -0.1) is 0 Å². The summed E-state index contributed by atoms with van der Waals surface area (Å²) in [6.07, 6.45) is -6.52. The summed E-state index contributed by atoms with van der Waals surface area (Å²) < 4.78 is 73.1. The summed E-state index contributed by atoms with van der Waals surface area (Å²) in [5, 5.41) is 10.5. The van der Waals surface area contributed by atoms with Gasteiger partial charge in [0.25, 0.3) is 0 Å². The van der Waals surface area contributed by atoms with Gasteiger partial charge in [-0.2, -0.15) is 22.0 Å². The number of carbonyl (C=O) groups excluding carboxylic acids is 1. The molecule has 6 nitrogen and oxygen atoms in total. The molecule has 0 amide bonds. The van der Waals surface area contributed by atoms with Crippen LogP contribution in [0, 0.1) is 12.8 Å². The monoisotopic (exact) mass is 357 g/mol. The summed E-state index contributed by atoms with van der Waals surface area (Å²) in [7, 11) is 1.28. The second kappa shape index (κ2) is 5.57. The molecule has 2 rings (SSSR count). The van der Waals surface area contributed by atoms with Crippen molar-refractivity contribution in [2.24, 2.45) is 13.0 Å². The third-order valence-electron chi connectivity index (χ3n) is 4.23. The number of alkyl halides is 5. The molecule has 0 saturated carbocycles. The Kier molecular flexibility index (Phi) is 4.28. The van der Waals surface area contributed by atoms with E-state index in [1.807, 2.05) is 0 Å². The highest BCUT2D eigenvalue weighted by molar-refractivity contribution is 5.75. The Balaban J connectivity index is 2.74. The molecule has 1 fully saturated rings. The van der Waals surface area contributed by atoms with Crippen LogP contribution in [0.1, 0.15) is 24.4 Å². The van der Waals surface area contributed by atoms with E-state index in [1.165, 1.54) is 14.0 Å². The largest absolute Gasteiger partial charge is 0.465 e. The van der Waals surface area contributed by atoms with E-state index < -0.39 is 47.5 Å². The van der Waals surface area contributed by atoms with Crippen molar-refractivity contribution in [3.8, 4) is 0 Å². The van der Waals surface area contributed by atoms with Gasteiger partial charge in [0.15, 0.2) is 5.60 Å². The Morgan fingerprint density at radius 3 is 2.33 bits per heavy atom. The molecule has 136 valence electrons. The zero-order chi connectivity index (χ0) is 18.5. The van der Waals surface area contributed by atoms with Crippen molar-refractivity contribution in [2.75, 3.05) is 12.3 Å². The predicted molar refractivity (Wildman–Crippen MR) is 70.9 cm³/mol. The maximum Gasteiger partial charge on any atom is 0.456 e. The first-order chi connectivity index (χ1) is 10.9. The lowest BCUT2D eigenvalue weighted by atomic mass is 9.75. The van der Waals surface area contributed by atoms with Crippen LogP contribution in [0.4, 0.5) is 27.8 Å². The van der Waals surface area contributed by atoms with Crippen molar-refractivity contribution in [2.45, 2.75) is 37.5 Å². The quantitative estimate of drug-likeness (QED) is 0.634. The third kappa shape index (κ3) is 2.41. The Hall–Kier alpha value is -1.91. The van der Waals surface area contributed by atoms with Gasteiger partial charge in [0.1, 0.15) is 17.3 Å². The lowest BCUT2D eigenvalue weighted by Crippen LogP contribution is -2.61. The number of hydrogen-bond acceptors (Lipinski definition) is 5. The molecule has 0 aromatic carbocycles. The zero-order valence-electron chi connectivity index (χ0n) is 12.8. The minimum absolute atomic E-state index is 0.00285. The van der Waals surface area contributed by atoms with Crippen LogP contribution < -0.4 is 5.73 Å². The number of anilines is 1. The molecule has 0 aliphatic carbocycles. The van der Waals surface area contributed by atoms with Crippen molar-refractivity contribution in [1.29, 1.82) is 0 Å². The summed E-state index contributed by atoms with van der Waals surface area (Å²) in [4.78, 5) is 15.4. The van der Waals surface area contributed by atoms with Crippen LogP contribution in [0.3, 0.4) is 0 Å².